The van der Waals surface area contributed by atoms with Crippen molar-refractivity contribution in [2.24, 2.45) is 5.73 Å². The van der Waals surface area contributed by atoms with Gasteiger partial charge in [0.15, 0.2) is 0 Å². The van der Waals surface area contributed by atoms with E-state index in [-0.39, 0.29) is 5.91 Å². The highest BCUT2D eigenvalue weighted by Gasteiger charge is 2.21. The highest BCUT2D eigenvalue weighted by molar-refractivity contribution is 5.85. The summed E-state index contributed by atoms with van der Waals surface area (Å²) in [6, 6.07) is -0.611. The maximum Gasteiger partial charge on any atom is 0.241 e. The quantitative estimate of drug-likeness (QED) is 0.688. The number of ether oxygens (including phenoxy) is 1. The van der Waals surface area contributed by atoms with Crippen LogP contribution in [0.1, 0.15) is 20.8 Å². The minimum Gasteiger partial charge on any atom is -0.379 e. The van der Waals surface area contributed by atoms with E-state index in [2.05, 4.69) is 10.2 Å². The van der Waals surface area contributed by atoms with Gasteiger partial charge in [-0.1, -0.05) is 13.8 Å². The van der Waals surface area contributed by atoms with E-state index in [1.807, 2.05) is 13.8 Å². The van der Waals surface area contributed by atoms with Crippen LogP contribution in [0.15, 0.2) is 0 Å². The van der Waals surface area contributed by atoms with Crippen LogP contribution in [0, 0.1) is 0 Å². The van der Waals surface area contributed by atoms with Crippen LogP contribution in [0.25, 0.3) is 0 Å². The number of hydrogen-bond donors (Lipinski definition) is 2. The van der Waals surface area contributed by atoms with Crippen LogP contribution < -0.4 is 11.1 Å². The summed E-state index contributed by atoms with van der Waals surface area (Å²) >= 11 is 0. The average Bonchev–Trinajstić information content (AvgIpc) is 2.31. The molecule has 1 heterocycles. The number of morpholine rings is 1. The number of rotatable bonds is 4. The molecule has 1 atom stereocenters. The summed E-state index contributed by atoms with van der Waals surface area (Å²) in [5, 5.41) is 2.53. The highest BCUT2D eigenvalue weighted by atomic mass is 16.5. The third-order valence-corrected chi connectivity index (χ3v) is 2.27. The van der Waals surface area contributed by atoms with Crippen molar-refractivity contribution in [1.29, 1.82) is 0 Å². The second-order valence-corrected chi connectivity index (χ2v) is 3.57. The maximum absolute atomic E-state index is 11.1. The lowest BCUT2D eigenvalue weighted by Gasteiger charge is -2.29. The molecule has 6 heteroatoms. The fraction of sp³-hybridized carbons (Fsp3) is 0.818. The molecule has 6 nitrogen and oxygen atoms in total. The zero-order valence-electron chi connectivity index (χ0n) is 10.9. The second kappa shape index (κ2) is 8.95. The number of nitrogens with zero attached hydrogens (tertiary/aromatic N) is 1. The van der Waals surface area contributed by atoms with E-state index >= 15 is 0 Å². The van der Waals surface area contributed by atoms with E-state index < -0.39 is 11.9 Å². The molecule has 1 fully saturated rings. The number of primary amides is 1. The molecule has 0 aromatic heterocycles. The second-order valence-electron chi connectivity index (χ2n) is 3.57. The standard InChI is InChI=1S/C9H17N3O3.C2H6/c1-7(13)11-8(9(10)14)6-12-2-4-15-5-3-12;1-2/h8H,2-6H2,1H3,(H2,10,14)(H,11,13);1-2H3. The molecule has 0 spiro atoms. The van der Waals surface area contributed by atoms with Crippen molar-refractivity contribution in [1.82, 2.24) is 10.2 Å². The molecular weight excluding hydrogens is 222 g/mol. The fourth-order valence-corrected chi connectivity index (χ4v) is 1.49. The number of carbonyl (C=O) groups is 2. The first-order chi connectivity index (χ1) is 8.09. The van der Waals surface area contributed by atoms with Crippen LogP contribution in [0.5, 0.6) is 0 Å². The van der Waals surface area contributed by atoms with Gasteiger partial charge in [-0.05, 0) is 0 Å². The summed E-state index contributed by atoms with van der Waals surface area (Å²) in [5.74, 6) is -0.747. The average molecular weight is 245 g/mol. The molecule has 0 aliphatic carbocycles. The highest BCUT2D eigenvalue weighted by Crippen LogP contribution is 1.98. The van der Waals surface area contributed by atoms with Gasteiger partial charge in [0, 0.05) is 26.6 Å². The third-order valence-electron chi connectivity index (χ3n) is 2.27. The molecule has 0 aromatic rings. The zero-order valence-corrected chi connectivity index (χ0v) is 10.9. The first kappa shape index (κ1) is 15.9. The van der Waals surface area contributed by atoms with Crippen LogP contribution in [-0.2, 0) is 14.3 Å². The van der Waals surface area contributed by atoms with E-state index in [1.165, 1.54) is 6.92 Å². The zero-order chi connectivity index (χ0) is 13.3. The molecular formula is C11H23N3O3. The Bertz CT molecular complexity index is 240. The SMILES string of the molecule is CC.CC(=O)NC(CN1CCOCC1)C(N)=O. The molecule has 2 amide bonds. The van der Waals surface area contributed by atoms with Gasteiger partial charge in [-0.25, -0.2) is 0 Å². The molecule has 0 saturated carbocycles. The summed E-state index contributed by atoms with van der Waals surface area (Å²) in [5.41, 5.74) is 5.19. The molecule has 1 unspecified atom stereocenters. The van der Waals surface area contributed by atoms with E-state index in [0.717, 1.165) is 13.1 Å². The molecule has 1 aliphatic rings. The van der Waals surface area contributed by atoms with Crippen LogP contribution in [0.4, 0.5) is 0 Å². The van der Waals surface area contributed by atoms with Crippen LogP contribution >= 0.6 is 0 Å². The van der Waals surface area contributed by atoms with Crippen molar-refractivity contribution >= 4 is 11.8 Å². The van der Waals surface area contributed by atoms with Crippen molar-refractivity contribution in [3.8, 4) is 0 Å². The van der Waals surface area contributed by atoms with Gasteiger partial charge in [0.25, 0.3) is 0 Å². The van der Waals surface area contributed by atoms with Gasteiger partial charge >= 0.3 is 0 Å². The van der Waals surface area contributed by atoms with Gasteiger partial charge in [-0.15, -0.1) is 0 Å². The lowest BCUT2D eigenvalue weighted by atomic mass is 10.2. The van der Waals surface area contributed by atoms with Crippen molar-refractivity contribution in [2.45, 2.75) is 26.8 Å². The predicted molar refractivity (Wildman–Crippen MR) is 65.4 cm³/mol. The third kappa shape index (κ3) is 6.91. The lowest BCUT2D eigenvalue weighted by Crippen LogP contribution is -2.52. The van der Waals surface area contributed by atoms with Crippen LogP contribution in [0.2, 0.25) is 0 Å². The number of nitrogens with two attached hydrogens (primary N) is 1. The summed E-state index contributed by atoms with van der Waals surface area (Å²) in [7, 11) is 0. The number of nitrogens with one attached hydrogen (secondary N) is 1. The molecule has 1 saturated heterocycles. The Kier molecular flexibility index (Phi) is 8.35. The molecule has 100 valence electrons. The van der Waals surface area contributed by atoms with E-state index in [1.54, 1.807) is 0 Å². The largest absolute Gasteiger partial charge is 0.379 e. The van der Waals surface area contributed by atoms with Crippen LogP contribution in [0.3, 0.4) is 0 Å². The molecule has 1 rings (SSSR count). The Labute approximate surface area is 102 Å². The Morgan fingerprint density at radius 3 is 2.29 bits per heavy atom. The Balaban J connectivity index is 0.00000121. The summed E-state index contributed by atoms with van der Waals surface area (Å²) < 4.78 is 5.18. The molecule has 17 heavy (non-hydrogen) atoms. The summed E-state index contributed by atoms with van der Waals surface area (Å²) in [4.78, 5) is 23.9. The van der Waals surface area contributed by atoms with Gasteiger partial charge in [0.2, 0.25) is 11.8 Å². The van der Waals surface area contributed by atoms with Gasteiger partial charge in [-0.2, -0.15) is 0 Å². The van der Waals surface area contributed by atoms with Gasteiger partial charge in [-0.3, -0.25) is 14.5 Å². The Morgan fingerprint density at radius 2 is 1.88 bits per heavy atom. The maximum atomic E-state index is 11.1. The predicted octanol–water partition coefficient (Wildman–Crippen LogP) is -0.665. The lowest BCUT2D eigenvalue weighted by molar-refractivity contribution is -0.126. The summed E-state index contributed by atoms with van der Waals surface area (Å²) in [6.07, 6.45) is 0. The fourth-order valence-electron chi connectivity index (χ4n) is 1.49. The smallest absolute Gasteiger partial charge is 0.241 e. The molecule has 3 N–H and O–H groups in total. The van der Waals surface area contributed by atoms with Crippen molar-refractivity contribution in [3.05, 3.63) is 0 Å². The first-order valence-corrected chi connectivity index (χ1v) is 5.96. The minimum atomic E-state index is -0.611. The number of carbonyl (C=O) groups excluding carboxylic acids is 2. The molecule has 0 radical (unpaired) electrons. The Hall–Kier alpha value is -1.14. The van der Waals surface area contributed by atoms with Crippen LogP contribution in [-0.4, -0.2) is 55.6 Å². The van der Waals surface area contributed by atoms with E-state index in [4.69, 9.17) is 10.5 Å². The molecule has 1 aliphatic heterocycles. The van der Waals surface area contributed by atoms with Gasteiger partial charge in [0.1, 0.15) is 6.04 Å². The van der Waals surface area contributed by atoms with Gasteiger partial charge in [0.05, 0.1) is 13.2 Å². The van der Waals surface area contributed by atoms with Crippen molar-refractivity contribution in [3.63, 3.8) is 0 Å². The van der Waals surface area contributed by atoms with Crippen molar-refractivity contribution in [2.75, 3.05) is 32.8 Å². The number of amides is 2. The van der Waals surface area contributed by atoms with E-state index in [9.17, 15) is 9.59 Å². The molecule has 0 bridgehead atoms. The summed E-state index contributed by atoms with van der Waals surface area (Å²) in [6.45, 7) is 8.68. The first-order valence-electron chi connectivity index (χ1n) is 5.96. The topological polar surface area (TPSA) is 84.7 Å². The minimum absolute atomic E-state index is 0.243. The van der Waals surface area contributed by atoms with Gasteiger partial charge < -0.3 is 15.8 Å². The Morgan fingerprint density at radius 1 is 1.35 bits per heavy atom. The molecule has 0 aromatic carbocycles. The van der Waals surface area contributed by atoms with E-state index in [0.29, 0.717) is 19.8 Å². The normalized spacial score (nSPS) is 17.6. The monoisotopic (exact) mass is 245 g/mol. The number of hydrogen-bond acceptors (Lipinski definition) is 4. The van der Waals surface area contributed by atoms with Crippen molar-refractivity contribution < 1.29 is 14.3 Å².